The molecule has 1 saturated heterocycles. The number of ether oxygens (including phenoxy) is 1. The fourth-order valence-corrected chi connectivity index (χ4v) is 7.69. The van der Waals surface area contributed by atoms with Crippen LogP contribution in [0.15, 0.2) is 12.1 Å². The van der Waals surface area contributed by atoms with Crippen molar-refractivity contribution in [2.24, 2.45) is 23.7 Å². The molecule has 3 fully saturated rings. The van der Waals surface area contributed by atoms with Gasteiger partial charge in [-0.15, -0.1) is 11.3 Å². The summed E-state index contributed by atoms with van der Waals surface area (Å²) in [6.07, 6.45) is 3.23. The highest BCUT2D eigenvalue weighted by Crippen LogP contribution is 2.47. The van der Waals surface area contributed by atoms with Crippen molar-refractivity contribution in [3.8, 4) is 5.06 Å². The van der Waals surface area contributed by atoms with Gasteiger partial charge in [0.2, 0.25) is 11.8 Å². The Morgan fingerprint density at radius 3 is 2.57 bits per heavy atom. The van der Waals surface area contributed by atoms with Gasteiger partial charge in [0.25, 0.3) is 0 Å². The summed E-state index contributed by atoms with van der Waals surface area (Å²) >= 11 is 1.10. The molecule has 0 aromatic carbocycles. The Bertz CT molecular complexity index is 935. The molecular weight excluding hydrogens is 503 g/mol. The highest BCUT2D eigenvalue weighted by molar-refractivity contribution is 7.13. The lowest BCUT2D eigenvalue weighted by atomic mass is 9.61. The number of hydrogen-bond acceptors (Lipinski definition) is 5. The highest BCUT2D eigenvalue weighted by atomic mass is 32.1. The molecule has 3 aliphatic rings. The van der Waals surface area contributed by atoms with E-state index in [-0.39, 0.29) is 34.4 Å². The van der Waals surface area contributed by atoms with Crippen molar-refractivity contribution in [3.05, 3.63) is 17.0 Å². The zero-order chi connectivity index (χ0) is 26.8. The van der Waals surface area contributed by atoms with Crippen LogP contribution in [0.5, 0.6) is 5.06 Å². The van der Waals surface area contributed by atoms with E-state index in [0.29, 0.717) is 37.9 Å². The minimum atomic E-state index is -4.39. The first kappa shape index (κ1) is 28.2. The lowest BCUT2D eigenvalue weighted by Crippen LogP contribution is -2.56. The summed E-state index contributed by atoms with van der Waals surface area (Å²) in [7, 11) is 0. The summed E-state index contributed by atoms with van der Waals surface area (Å²) in [4.78, 5) is 28.7. The zero-order valence-corrected chi connectivity index (χ0v) is 22.9. The van der Waals surface area contributed by atoms with Crippen molar-refractivity contribution >= 4 is 23.2 Å². The molecule has 6 nitrogen and oxygen atoms in total. The molecule has 4 rings (SSSR count). The third kappa shape index (κ3) is 7.62. The molecule has 2 saturated carbocycles. The van der Waals surface area contributed by atoms with Gasteiger partial charge >= 0.3 is 6.18 Å². The maximum atomic E-state index is 13.0. The van der Waals surface area contributed by atoms with E-state index in [1.165, 1.54) is 25.3 Å². The minimum absolute atomic E-state index is 0.0502. The largest absolute Gasteiger partial charge is 0.475 e. The number of carbonyl (C=O) groups is 2. The second-order valence-electron chi connectivity index (χ2n) is 11.6. The van der Waals surface area contributed by atoms with Gasteiger partial charge in [-0.1, -0.05) is 13.8 Å². The number of rotatable bonds is 9. The van der Waals surface area contributed by atoms with Crippen LogP contribution in [-0.2, 0) is 9.59 Å². The number of amides is 2. The highest BCUT2D eigenvalue weighted by Gasteiger charge is 2.43. The number of nitrogens with zero attached hydrogens (tertiary/aromatic N) is 1. The Kier molecular flexibility index (Phi) is 8.78. The van der Waals surface area contributed by atoms with Crippen molar-refractivity contribution in [1.29, 1.82) is 0 Å². The third-order valence-electron chi connectivity index (χ3n) is 8.35. The van der Waals surface area contributed by atoms with E-state index in [0.717, 1.165) is 41.4 Å². The first-order chi connectivity index (χ1) is 17.4. The van der Waals surface area contributed by atoms with Crippen molar-refractivity contribution in [2.45, 2.75) is 83.5 Å². The van der Waals surface area contributed by atoms with Crippen LogP contribution in [0.3, 0.4) is 0 Å². The Hall–Kier alpha value is -1.81. The molecular formula is C27H40F3N3O3S. The predicted octanol–water partition coefficient (Wildman–Crippen LogP) is 5.30. The fourth-order valence-electron chi connectivity index (χ4n) is 6.83. The predicted molar refractivity (Wildman–Crippen MR) is 137 cm³/mol. The van der Waals surface area contributed by atoms with E-state index < -0.39 is 12.8 Å². The van der Waals surface area contributed by atoms with Gasteiger partial charge in [-0.2, -0.15) is 13.2 Å². The van der Waals surface area contributed by atoms with Crippen LogP contribution in [-0.4, -0.2) is 54.7 Å². The molecule has 4 atom stereocenters. The molecule has 208 valence electrons. The van der Waals surface area contributed by atoms with Crippen LogP contribution in [0.25, 0.3) is 0 Å². The van der Waals surface area contributed by atoms with E-state index in [9.17, 15) is 22.8 Å². The van der Waals surface area contributed by atoms with E-state index in [1.54, 1.807) is 6.07 Å². The molecule has 2 bridgehead atoms. The topological polar surface area (TPSA) is 70.7 Å². The third-order valence-corrected chi connectivity index (χ3v) is 9.53. The van der Waals surface area contributed by atoms with Crippen LogP contribution in [0, 0.1) is 23.7 Å². The second-order valence-corrected chi connectivity index (χ2v) is 12.7. The SMILES string of the molecule is CCC1(NC(=O)CN2CCC(C(=O)NC(C)c3ccc(OCC(F)(F)F)s3)C2)CC2CC(C)CC(C2)C1. The average Bonchev–Trinajstić information content (AvgIpc) is 3.46. The van der Waals surface area contributed by atoms with Crippen molar-refractivity contribution in [3.63, 3.8) is 0 Å². The Balaban J connectivity index is 1.23. The monoisotopic (exact) mass is 543 g/mol. The summed E-state index contributed by atoms with van der Waals surface area (Å²) in [6.45, 7) is 6.52. The van der Waals surface area contributed by atoms with Crippen LogP contribution in [0.4, 0.5) is 13.2 Å². The summed E-state index contributed by atoms with van der Waals surface area (Å²) < 4.78 is 41.9. The molecule has 2 N–H and O–H groups in total. The van der Waals surface area contributed by atoms with Gasteiger partial charge in [-0.25, -0.2) is 0 Å². The van der Waals surface area contributed by atoms with Crippen LogP contribution in [0.1, 0.15) is 76.6 Å². The molecule has 2 heterocycles. The lowest BCUT2D eigenvalue weighted by Gasteiger charge is -2.49. The van der Waals surface area contributed by atoms with Gasteiger partial charge in [0.1, 0.15) is 0 Å². The van der Waals surface area contributed by atoms with Crippen LogP contribution in [0.2, 0.25) is 0 Å². The molecule has 2 amide bonds. The number of nitrogens with one attached hydrogen (secondary N) is 2. The van der Waals surface area contributed by atoms with Gasteiger partial charge < -0.3 is 15.4 Å². The number of hydrogen-bond donors (Lipinski definition) is 2. The minimum Gasteiger partial charge on any atom is -0.475 e. The van der Waals surface area contributed by atoms with Crippen LogP contribution >= 0.6 is 11.3 Å². The second kappa shape index (κ2) is 11.5. The van der Waals surface area contributed by atoms with Gasteiger partial charge in [-0.3, -0.25) is 14.5 Å². The first-order valence-electron chi connectivity index (χ1n) is 13.6. The van der Waals surface area contributed by atoms with E-state index in [2.05, 4.69) is 24.5 Å². The molecule has 4 unspecified atom stereocenters. The number of thiophene rings is 1. The average molecular weight is 544 g/mol. The number of likely N-dealkylation sites (tertiary alicyclic amines) is 1. The van der Waals surface area contributed by atoms with Gasteiger partial charge in [-0.05, 0) is 88.3 Å². The Morgan fingerprint density at radius 2 is 1.92 bits per heavy atom. The van der Waals surface area contributed by atoms with Gasteiger partial charge in [0.15, 0.2) is 11.7 Å². The van der Waals surface area contributed by atoms with Gasteiger partial charge in [0, 0.05) is 17.0 Å². The summed E-state index contributed by atoms with van der Waals surface area (Å²) in [5.74, 6) is 1.94. The molecule has 1 aliphatic heterocycles. The lowest BCUT2D eigenvalue weighted by molar-refractivity contribution is -0.152. The molecule has 10 heteroatoms. The molecule has 0 spiro atoms. The summed E-state index contributed by atoms with van der Waals surface area (Å²) in [5, 5.41) is 6.55. The number of carbonyl (C=O) groups excluding carboxylic acids is 2. The first-order valence-corrected chi connectivity index (χ1v) is 14.4. The van der Waals surface area contributed by atoms with Crippen molar-refractivity contribution in [1.82, 2.24) is 15.5 Å². The smallest absolute Gasteiger partial charge is 0.422 e. The van der Waals surface area contributed by atoms with Crippen LogP contribution < -0.4 is 15.4 Å². The normalized spacial score (nSPS) is 31.1. The zero-order valence-electron chi connectivity index (χ0n) is 22.0. The molecule has 37 heavy (non-hydrogen) atoms. The van der Waals surface area contributed by atoms with Crippen molar-refractivity contribution in [2.75, 3.05) is 26.2 Å². The molecule has 1 aromatic rings. The van der Waals surface area contributed by atoms with Crippen molar-refractivity contribution < 1.29 is 27.5 Å². The maximum Gasteiger partial charge on any atom is 0.422 e. The quantitative estimate of drug-likeness (QED) is 0.444. The van der Waals surface area contributed by atoms with E-state index >= 15 is 0 Å². The molecule has 0 radical (unpaired) electrons. The fraction of sp³-hybridized carbons (Fsp3) is 0.778. The van der Waals surface area contributed by atoms with E-state index in [1.807, 2.05) is 11.8 Å². The van der Waals surface area contributed by atoms with Gasteiger partial charge in [0.05, 0.1) is 18.5 Å². The molecule has 2 aliphatic carbocycles. The van der Waals surface area contributed by atoms with E-state index in [4.69, 9.17) is 4.74 Å². The summed E-state index contributed by atoms with van der Waals surface area (Å²) in [5.41, 5.74) is -0.0971. The number of alkyl halides is 3. The Morgan fingerprint density at radius 1 is 1.22 bits per heavy atom. The number of fused-ring (bicyclic) bond motifs is 2. The Labute approximate surface area is 221 Å². The summed E-state index contributed by atoms with van der Waals surface area (Å²) in [6, 6.07) is 2.83. The maximum absolute atomic E-state index is 13.0. The standard InChI is InChI=1S/C27H40F3N3O3S/c1-4-26(12-19-9-17(2)10-20(11-19)13-26)32-23(34)15-33-8-7-21(14-33)25(35)31-18(3)22-5-6-24(37-22)36-16-27(28,29)30/h5-6,17-21H,4,7-16H2,1-3H3,(H,31,35)(H,32,34). The number of halogens is 3. The molecule has 1 aromatic heterocycles.